The van der Waals surface area contributed by atoms with Gasteiger partial charge in [0.05, 0.1) is 5.69 Å². The van der Waals surface area contributed by atoms with Gasteiger partial charge in [0, 0.05) is 5.57 Å². The Morgan fingerprint density at radius 1 is 1.10 bits per heavy atom. The van der Waals surface area contributed by atoms with Crippen LogP contribution in [0.15, 0.2) is 48.6 Å². The quantitative estimate of drug-likeness (QED) is 0.442. The number of aromatic nitrogens is 3. The van der Waals surface area contributed by atoms with Crippen molar-refractivity contribution in [2.75, 3.05) is 5.32 Å². The van der Waals surface area contributed by atoms with Crippen molar-refractivity contribution < 1.29 is 9.90 Å². The summed E-state index contributed by atoms with van der Waals surface area (Å²) in [4.78, 5) is 13.7. The summed E-state index contributed by atoms with van der Waals surface area (Å²) in [5.41, 5.74) is 3.41. The smallest absolute Gasteiger partial charge is 0.250 e. The Morgan fingerprint density at radius 2 is 1.67 bits per heavy atom. The van der Waals surface area contributed by atoms with Gasteiger partial charge in [0.1, 0.15) is 16.7 Å². The molecule has 6 heteroatoms. The predicted octanol–water partition coefficient (Wildman–Crippen LogP) is 5.35. The van der Waals surface area contributed by atoms with Crippen LogP contribution in [0, 0.1) is 5.41 Å². The van der Waals surface area contributed by atoms with Gasteiger partial charge in [-0.05, 0) is 54.0 Å². The Bertz CT molecular complexity index is 1090. The number of phenolic OH excluding ortho intramolecular Hbond substituents is 1. The molecule has 0 spiro atoms. The number of fused-ring (bicyclic) bond motifs is 1. The van der Waals surface area contributed by atoms with Crippen LogP contribution in [0.5, 0.6) is 5.75 Å². The van der Waals surface area contributed by atoms with E-state index in [0.29, 0.717) is 16.9 Å². The highest BCUT2D eigenvalue weighted by molar-refractivity contribution is 6.04. The zero-order valence-electron chi connectivity index (χ0n) is 18.6. The minimum atomic E-state index is -0.347. The highest BCUT2D eigenvalue weighted by Crippen LogP contribution is 2.41. The van der Waals surface area contributed by atoms with Gasteiger partial charge in [-0.1, -0.05) is 53.3 Å². The number of rotatable bonds is 5. The first-order valence-electron chi connectivity index (χ1n) is 10.0. The molecule has 0 unspecified atom stereocenters. The highest BCUT2D eigenvalue weighted by Gasteiger charge is 2.29. The molecule has 0 aliphatic rings. The SMILES string of the molecule is C=C(C)C(=O)Nc1cc(C(C)(C)CC(C)(C)C)cc(-n2nc3ccccc3n2)c1O. The molecule has 6 nitrogen and oxygen atoms in total. The molecule has 0 saturated heterocycles. The Kier molecular flexibility index (Phi) is 5.46. The Balaban J connectivity index is 2.19. The lowest BCUT2D eigenvalue weighted by Crippen LogP contribution is -2.25. The Labute approximate surface area is 177 Å². The minimum Gasteiger partial charge on any atom is -0.504 e. The summed E-state index contributed by atoms with van der Waals surface area (Å²) in [6.07, 6.45) is 0.909. The number of nitrogens with one attached hydrogen (secondary N) is 1. The molecule has 1 heterocycles. The van der Waals surface area contributed by atoms with Gasteiger partial charge >= 0.3 is 0 Å². The molecular formula is C24H30N4O2. The topological polar surface area (TPSA) is 80.0 Å². The lowest BCUT2D eigenvalue weighted by Gasteiger charge is -2.33. The van der Waals surface area contributed by atoms with E-state index >= 15 is 0 Å². The van der Waals surface area contributed by atoms with Crippen molar-refractivity contribution in [2.45, 2.75) is 53.4 Å². The van der Waals surface area contributed by atoms with Gasteiger partial charge in [0.15, 0.2) is 5.75 Å². The van der Waals surface area contributed by atoms with E-state index in [0.717, 1.165) is 23.0 Å². The number of amides is 1. The first kappa shape index (κ1) is 21.6. The molecule has 0 aliphatic heterocycles. The van der Waals surface area contributed by atoms with Crippen LogP contribution in [0.2, 0.25) is 0 Å². The number of phenols is 1. The number of hydrogen-bond donors (Lipinski definition) is 2. The number of benzene rings is 2. The second-order valence-electron chi connectivity index (χ2n) is 9.73. The van der Waals surface area contributed by atoms with Crippen LogP contribution in [-0.2, 0) is 10.2 Å². The molecule has 2 N–H and O–H groups in total. The second-order valence-corrected chi connectivity index (χ2v) is 9.73. The van der Waals surface area contributed by atoms with Crippen LogP contribution < -0.4 is 5.32 Å². The molecule has 3 rings (SSSR count). The lowest BCUT2D eigenvalue weighted by molar-refractivity contribution is -0.112. The summed E-state index contributed by atoms with van der Waals surface area (Å²) in [6.45, 7) is 16.2. The number of hydrogen-bond acceptors (Lipinski definition) is 4. The summed E-state index contributed by atoms with van der Waals surface area (Å²) < 4.78 is 0. The Morgan fingerprint density at radius 3 is 2.17 bits per heavy atom. The molecule has 0 aliphatic carbocycles. The molecule has 30 heavy (non-hydrogen) atoms. The maximum atomic E-state index is 12.3. The molecule has 3 aromatic rings. The number of carbonyl (C=O) groups is 1. The van der Waals surface area contributed by atoms with Crippen LogP contribution in [-0.4, -0.2) is 26.0 Å². The first-order chi connectivity index (χ1) is 13.9. The van der Waals surface area contributed by atoms with Crippen LogP contribution in [0.3, 0.4) is 0 Å². The number of carbonyl (C=O) groups excluding carboxylic acids is 1. The summed E-state index contributed by atoms with van der Waals surface area (Å²) in [6, 6.07) is 11.2. The molecule has 1 aromatic heterocycles. The van der Waals surface area contributed by atoms with Crippen molar-refractivity contribution in [3.8, 4) is 11.4 Å². The van der Waals surface area contributed by atoms with Crippen molar-refractivity contribution >= 4 is 22.6 Å². The predicted molar refractivity (Wildman–Crippen MR) is 121 cm³/mol. The molecular weight excluding hydrogens is 376 g/mol. The van der Waals surface area contributed by atoms with Crippen LogP contribution >= 0.6 is 0 Å². The molecule has 0 saturated carbocycles. The van der Waals surface area contributed by atoms with Crippen LogP contribution in [0.1, 0.15) is 53.5 Å². The lowest BCUT2D eigenvalue weighted by atomic mass is 9.72. The van der Waals surface area contributed by atoms with Crippen molar-refractivity contribution in [2.24, 2.45) is 5.41 Å². The normalized spacial score (nSPS) is 12.2. The fourth-order valence-corrected chi connectivity index (χ4v) is 3.88. The number of anilines is 1. The van der Waals surface area contributed by atoms with Crippen LogP contribution in [0.25, 0.3) is 16.7 Å². The number of aromatic hydroxyl groups is 1. The van der Waals surface area contributed by atoms with E-state index in [1.54, 1.807) is 6.92 Å². The fourth-order valence-electron chi connectivity index (χ4n) is 3.88. The summed E-state index contributed by atoms with van der Waals surface area (Å²) >= 11 is 0. The molecule has 2 aromatic carbocycles. The molecule has 1 amide bonds. The molecule has 0 atom stereocenters. The van der Waals surface area contributed by atoms with E-state index in [1.807, 2.05) is 36.4 Å². The van der Waals surface area contributed by atoms with Gasteiger partial charge in [-0.15, -0.1) is 15.0 Å². The third-order valence-electron chi connectivity index (χ3n) is 4.98. The first-order valence-corrected chi connectivity index (χ1v) is 10.0. The zero-order valence-corrected chi connectivity index (χ0v) is 18.6. The van der Waals surface area contributed by atoms with Gasteiger partial charge in [-0.3, -0.25) is 4.79 Å². The average Bonchev–Trinajstić information content (AvgIpc) is 3.04. The van der Waals surface area contributed by atoms with Gasteiger partial charge in [0.25, 0.3) is 5.91 Å². The van der Waals surface area contributed by atoms with Crippen LogP contribution in [0.4, 0.5) is 5.69 Å². The van der Waals surface area contributed by atoms with Gasteiger partial charge in [-0.2, -0.15) is 0 Å². The monoisotopic (exact) mass is 406 g/mol. The molecule has 158 valence electrons. The third kappa shape index (κ3) is 4.53. The standard InChI is InChI=1S/C24H30N4O2/c1-15(2)22(30)25-19-12-16(24(6,7)14-23(3,4)5)13-20(21(19)29)28-26-17-10-8-9-11-18(17)27-28/h8-13,29H,1,14H2,2-7H3,(H,25,30). The third-order valence-corrected chi connectivity index (χ3v) is 4.98. The van der Waals surface area contributed by atoms with E-state index in [4.69, 9.17) is 0 Å². The van der Waals surface area contributed by atoms with Crippen molar-refractivity contribution in [3.63, 3.8) is 0 Å². The van der Waals surface area contributed by atoms with Crippen molar-refractivity contribution in [1.29, 1.82) is 0 Å². The van der Waals surface area contributed by atoms with E-state index < -0.39 is 0 Å². The van der Waals surface area contributed by atoms with Crippen molar-refractivity contribution in [1.82, 2.24) is 15.0 Å². The summed E-state index contributed by atoms with van der Waals surface area (Å²) in [5.74, 6) is -0.430. The maximum Gasteiger partial charge on any atom is 0.250 e. The second kappa shape index (κ2) is 7.59. The highest BCUT2D eigenvalue weighted by atomic mass is 16.3. The Hall–Kier alpha value is -3.15. The minimum absolute atomic E-state index is 0.0831. The zero-order chi connectivity index (χ0) is 22.3. The summed E-state index contributed by atoms with van der Waals surface area (Å²) in [5, 5.41) is 22.8. The fraction of sp³-hybridized carbons (Fsp3) is 0.375. The number of nitrogens with zero attached hydrogens (tertiary/aromatic N) is 3. The van der Waals surface area contributed by atoms with E-state index in [1.165, 1.54) is 4.80 Å². The molecule has 0 fully saturated rings. The van der Waals surface area contributed by atoms with Gasteiger partial charge < -0.3 is 10.4 Å². The van der Waals surface area contributed by atoms with Crippen molar-refractivity contribution in [3.05, 3.63) is 54.1 Å². The maximum absolute atomic E-state index is 12.3. The van der Waals surface area contributed by atoms with E-state index in [-0.39, 0.29) is 22.5 Å². The van der Waals surface area contributed by atoms with Gasteiger partial charge in [0.2, 0.25) is 0 Å². The largest absolute Gasteiger partial charge is 0.504 e. The van der Waals surface area contributed by atoms with E-state index in [9.17, 15) is 9.90 Å². The molecule has 0 radical (unpaired) electrons. The summed E-state index contributed by atoms with van der Waals surface area (Å²) in [7, 11) is 0. The van der Waals surface area contributed by atoms with Gasteiger partial charge in [-0.25, -0.2) is 0 Å². The van der Waals surface area contributed by atoms with E-state index in [2.05, 4.69) is 56.7 Å². The average molecular weight is 407 g/mol. The molecule has 0 bridgehead atoms.